The van der Waals surface area contributed by atoms with Crippen LogP contribution in [0.5, 0.6) is 0 Å². The third kappa shape index (κ3) is 5.10. The second-order valence-electron chi connectivity index (χ2n) is 8.05. The second kappa shape index (κ2) is 9.87. The van der Waals surface area contributed by atoms with Crippen molar-refractivity contribution in [3.8, 4) is 28.6 Å². The first-order valence-corrected chi connectivity index (χ1v) is 11.2. The summed E-state index contributed by atoms with van der Waals surface area (Å²) in [5.41, 5.74) is 11.0. The van der Waals surface area contributed by atoms with Gasteiger partial charge in [0.15, 0.2) is 11.5 Å². The number of benzene rings is 1. The molecule has 0 aliphatic heterocycles. The number of carbonyl (C=O) groups is 1. The van der Waals surface area contributed by atoms with E-state index in [4.69, 9.17) is 17.3 Å². The smallest absolute Gasteiger partial charge is 0.274 e. The van der Waals surface area contributed by atoms with Crippen LogP contribution in [0.3, 0.4) is 0 Å². The quantitative estimate of drug-likeness (QED) is 0.389. The molecule has 174 valence electrons. The van der Waals surface area contributed by atoms with E-state index in [0.717, 1.165) is 11.1 Å². The molecule has 35 heavy (non-hydrogen) atoms. The van der Waals surface area contributed by atoms with E-state index in [-0.39, 0.29) is 17.2 Å². The Bertz CT molecular complexity index is 1440. The highest BCUT2D eigenvalue weighted by Crippen LogP contribution is 2.32. The summed E-state index contributed by atoms with van der Waals surface area (Å²) in [4.78, 5) is 31.0. The number of halogens is 1. The van der Waals surface area contributed by atoms with Crippen molar-refractivity contribution in [1.29, 1.82) is 5.26 Å². The van der Waals surface area contributed by atoms with E-state index >= 15 is 0 Å². The summed E-state index contributed by atoms with van der Waals surface area (Å²) >= 11 is 6.22. The van der Waals surface area contributed by atoms with E-state index in [9.17, 15) is 10.1 Å². The van der Waals surface area contributed by atoms with Crippen LogP contribution in [0.1, 0.15) is 46.1 Å². The molecule has 0 fully saturated rings. The number of aromatic nitrogens is 4. The third-order valence-electron chi connectivity index (χ3n) is 5.39. The van der Waals surface area contributed by atoms with Crippen LogP contribution in [0.25, 0.3) is 22.5 Å². The van der Waals surface area contributed by atoms with Gasteiger partial charge in [-0.1, -0.05) is 48.0 Å². The highest BCUT2D eigenvalue weighted by molar-refractivity contribution is 6.29. The van der Waals surface area contributed by atoms with Gasteiger partial charge in [-0.2, -0.15) is 5.26 Å². The van der Waals surface area contributed by atoms with Crippen LogP contribution in [0, 0.1) is 25.2 Å². The number of nitrogens with one attached hydrogen (secondary N) is 1. The number of hydrogen-bond donors (Lipinski definition) is 2. The van der Waals surface area contributed by atoms with Crippen molar-refractivity contribution in [2.75, 3.05) is 5.73 Å². The zero-order chi connectivity index (χ0) is 25.1. The van der Waals surface area contributed by atoms with E-state index in [0.29, 0.717) is 33.5 Å². The number of anilines is 1. The van der Waals surface area contributed by atoms with Gasteiger partial charge in [-0.25, -0.2) is 19.9 Å². The molecular weight excluding hydrogens is 462 g/mol. The molecule has 1 aromatic carbocycles. The van der Waals surface area contributed by atoms with Crippen LogP contribution < -0.4 is 11.1 Å². The largest absolute Gasteiger partial charge is 0.382 e. The summed E-state index contributed by atoms with van der Waals surface area (Å²) < 4.78 is 0. The topological polar surface area (TPSA) is 130 Å². The van der Waals surface area contributed by atoms with Crippen molar-refractivity contribution in [3.63, 3.8) is 0 Å². The lowest BCUT2D eigenvalue weighted by atomic mass is 10.0. The SMILES string of the molecule is Cc1cc(-c2nc(C(=O)NC(C)c3nc(C#N)ccc3C)c(N)nc2-c2ccccc2)cc(Cl)n1. The Morgan fingerprint density at radius 3 is 2.40 bits per heavy atom. The van der Waals surface area contributed by atoms with Crippen molar-refractivity contribution in [2.24, 2.45) is 0 Å². The van der Waals surface area contributed by atoms with E-state index < -0.39 is 11.9 Å². The van der Waals surface area contributed by atoms with Gasteiger partial charge in [-0.3, -0.25) is 4.79 Å². The highest BCUT2D eigenvalue weighted by atomic mass is 35.5. The summed E-state index contributed by atoms with van der Waals surface area (Å²) in [6.07, 6.45) is 0. The minimum absolute atomic E-state index is 0.00960. The molecule has 0 spiro atoms. The maximum Gasteiger partial charge on any atom is 0.274 e. The summed E-state index contributed by atoms with van der Waals surface area (Å²) in [5.74, 6) is -0.520. The molecule has 0 radical (unpaired) electrons. The van der Waals surface area contributed by atoms with E-state index in [1.807, 2.05) is 56.3 Å². The Balaban J connectivity index is 1.78. The van der Waals surface area contributed by atoms with Crippen LogP contribution in [-0.2, 0) is 0 Å². The Kier molecular flexibility index (Phi) is 6.71. The zero-order valence-corrected chi connectivity index (χ0v) is 20.1. The Morgan fingerprint density at radius 1 is 1.00 bits per heavy atom. The minimum Gasteiger partial charge on any atom is -0.382 e. The first-order chi connectivity index (χ1) is 16.8. The maximum absolute atomic E-state index is 13.3. The number of rotatable bonds is 5. The van der Waals surface area contributed by atoms with Gasteiger partial charge in [0.05, 0.1) is 23.1 Å². The molecule has 4 rings (SSSR count). The number of nitrogens with zero attached hydrogens (tertiary/aromatic N) is 5. The average Bonchev–Trinajstić information content (AvgIpc) is 2.84. The van der Waals surface area contributed by atoms with Crippen molar-refractivity contribution < 1.29 is 4.79 Å². The van der Waals surface area contributed by atoms with Crippen LogP contribution in [-0.4, -0.2) is 25.8 Å². The molecule has 3 heterocycles. The van der Waals surface area contributed by atoms with Crippen molar-refractivity contribution >= 4 is 23.3 Å². The lowest BCUT2D eigenvalue weighted by Crippen LogP contribution is -2.30. The molecule has 1 atom stereocenters. The molecule has 0 saturated carbocycles. The molecule has 0 aliphatic rings. The zero-order valence-electron chi connectivity index (χ0n) is 19.4. The first-order valence-electron chi connectivity index (χ1n) is 10.8. The molecular formula is C26H22ClN7O. The van der Waals surface area contributed by atoms with Crippen LogP contribution in [0.4, 0.5) is 5.82 Å². The summed E-state index contributed by atoms with van der Waals surface area (Å²) in [5, 5.41) is 12.4. The Labute approximate surface area is 207 Å². The van der Waals surface area contributed by atoms with Crippen LogP contribution >= 0.6 is 11.6 Å². The molecule has 3 N–H and O–H groups in total. The molecule has 0 saturated heterocycles. The van der Waals surface area contributed by atoms with Gasteiger partial charge in [-0.05, 0) is 44.5 Å². The predicted molar refractivity (Wildman–Crippen MR) is 134 cm³/mol. The van der Waals surface area contributed by atoms with E-state index in [1.54, 1.807) is 25.1 Å². The molecule has 4 aromatic rings. The number of pyridine rings is 2. The van der Waals surface area contributed by atoms with Gasteiger partial charge >= 0.3 is 0 Å². The molecule has 1 unspecified atom stereocenters. The highest BCUT2D eigenvalue weighted by Gasteiger charge is 2.23. The molecule has 0 bridgehead atoms. The second-order valence-corrected chi connectivity index (χ2v) is 8.43. The average molecular weight is 484 g/mol. The fourth-order valence-electron chi connectivity index (χ4n) is 3.76. The lowest BCUT2D eigenvalue weighted by molar-refractivity contribution is 0.0935. The number of nitrogens with two attached hydrogens (primary N) is 1. The van der Waals surface area contributed by atoms with Crippen molar-refractivity contribution in [2.45, 2.75) is 26.8 Å². The van der Waals surface area contributed by atoms with E-state index in [1.165, 1.54) is 0 Å². The molecule has 3 aromatic heterocycles. The molecule has 9 heteroatoms. The molecule has 8 nitrogen and oxygen atoms in total. The molecule has 0 aliphatic carbocycles. The fourth-order valence-corrected chi connectivity index (χ4v) is 4.01. The summed E-state index contributed by atoms with van der Waals surface area (Å²) in [7, 11) is 0. The maximum atomic E-state index is 13.3. The monoisotopic (exact) mass is 483 g/mol. The Hall–Kier alpha value is -4.35. The van der Waals surface area contributed by atoms with E-state index in [2.05, 4.69) is 25.3 Å². The van der Waals surface area contributed by atoms with Crippen LogP contribution in [0.2, 0.25) is 5.15 Å². The first kappa shape index (κ1) is 23.8. The predicted octanol–water partition coefficient (Wildman–Crippen LogP) is 4.82. The summed E-state index contributed by atoms with van der Waals surface area (Å²) in [6, 6.07) is 17.9. The number of hydrogen-bond acceptors (Lipinski definition) is 7. The number of nitrogen functional groups attached to an aromatic ring is 1. The van der Waals surface area contributed by atoms with Gasteiger partial charge in [0, 0.05) is 16.8 Å². The fraction of sp³-hybridized carbons (Fsp3) is 0.154. The van der Waals surface area contributed by atoms with Gasteiger partial charge in [-0.15, -0.1) is 0 Å². The Morgan fingerprint density at radius 2 is 1.71 bits per heavy atom. The van der Waals surface area contributed by atoms with Crippen molar-refractivity contribution in [1.82, 2.24) is 25.3 Å². The number of amides is 1. The van der Waals surface area contributed by atoms with Gasteiger partial charge < -0.3 is 11.1 Å². The normalized spacial score (nSPS) is 11.5. The van der Waals surface area contributed by atoms with Gasteiger partial charge in [0.2, 0.25) is 0 Å². The number of carbonyl (C=O) groups excluding carboxylic acids is 1. The van der Waals surface area contributed by atoms with Crippen molar-refractivity contribution in [3.05, 3.63) is 88.1 Å². The summed E-state index contributed by atoms with van der Waals surface area (Å²) in [6.45, 7) is 5.47. The third-order valence-corrected chi connectivity index (χ3v) is 5.58. The standard InChI is InChI=1S/C26H22ClN7O/c1-14-9-10-19(13-28)32-21(14)16(3)31-26(35)24-25(29)34-22(17-7-5-4-6-8-17)23(33-24)18-11-15(2)30-20(27)12-18/h4-12,16H,1-3H3,(H2,29,34)(H,31,35). The number of aryl methyl sites for hydroxylation is 2. The number of nitriles is 1. The minimum atomic E-state index is -0.510. The van der Waals surface area contributed by atoms with Gasteiger partial charge in [0.1, 0.15) is 16.9 Å². The lowest BCUT2D eigenvalue weighted by Gasteiger charge is -2.17. The van der Waals surface area contributed by atoms with Crippen LogP contribution in [0.15, 0.2) is 54.6 Å². The molecule has 1 amide bonds. The van der Waals surface area contributed by atoms with Gasteiger partial charge in [0.25, 0.3) is 5.91 Å².